The second-order valence-corrected chi connectivity index (χ2v) is 6.50. The predicted octanol–water partition coefficient (Wildman–Crippen LogP) is 1.68. The quantitative estimate of drug-likeness (QED) is 0.758. The van der Waals surface area contributed by atoms with Gasteiger partial charge in [-0.15, -0.1) is 0 Å². The van der Waals surface area contributed by atoms with E-state index in [-0.39, 0.29) is 11.5 Å². The molecule has 20 heavy (non-hydrogen) atoms. The highest BCUT2D eigenvalue weighted by molar-refractivity contribution is 7.89. The van der Waals surface area contributed by atoms with E-state index in [9.17, 15) is 8.42 Å². The number of rotatable bonds is 6. The first kappa shape index (κ1) is 15.1. The topological polar surface area (TPSA) is 82.2 Å². The standard InChI is InChI=1S/C13H15ClN2O3S/c14-11-3-1-10(2-4-11)5-6-16-20(18,19)13-7-12(9-17)15-8-13/h1-4,7-8,15-17H,5-6,9H2. The number of hydrogen-bond acceptors (Lipinski definition) is 3. The van der Waals surface area contributed by atoms with Crippen molar-refractivity contribution < 1.29 is 13.5 Å². The van der Waals surface area contributed by atoms with Crippen LogP contribution in [0.5, 0.6) is 0 Å². The molecule has 2 aromatic rings. The first-order valence-electron chi connectivity index (χ1n) is 6.03. The van der Waals surface area contributed by atoms with Gasteiger partial charge < -0.3 is 10.1 Å². The van der Waals surface area contributed by atoms with E-state index in [0.717, 1.165) is 5.56 Å². The Morgan fingerprint density at radius 1 is 1.25 bits per heavy atom. The third kappa shape index (κ3) is 3.83. The van der Waals surface area contributed by atoms with Gasteiger partial charge in [0.25, 0.3) is 0 Å². The number of benzene rings is 1. The van der Waals surface area contributed by atoms with E-state index in [4.69, 9.17) is 16.7 Å². The summed E-state index contributed by atoms with van der Waals surface area (Å²) in [6.07, 6.45) is 1.93. The number of aromatic amines is 1. The number of aromatic nitrogens is 1. The van der Waals surface area contributed by atoms with Crippen LogP contribution in [0.4, 0.5) is 0 Å². The molecule has 0 bridgehead atoms. The molecule has 0 atom stereocenters. The fourth-order valence-corrected chi connectivity index (χ4v) is 2.90. The van der Waals surface area contributed by atoms with E-state index in [1.165, 1.54) is 12.3 Å². The molecule has 3 N–H and O–H groups in total. The maximum absolute atomic E-state index is 12.0. The van der Waals surface area contributed by atoms with Gasteiger partial charge in [0, 0.05) is 23.5 Å². The summed E-state index contributed by atoms with van der Waals surface area (Å²) < 4.78 is 26.5. The van der Waals surface area contributed by atoms with E-state index in [0.29, 0.717) is 23.7 Å². The molecule has 0 aliphatic carbocycles. The Balaban J connectivity index is 1.94. The van der Waals surface area contributed by atoms with Gasteiger partial charge >= 0.3 is 0 Å². The van der Waals surface area contributed by atoms with Crippen molar-refractivity contribution in [3.63, 3.8) is 0 Å². The average molecular weight is 315 g/mol. The van der Waals surface area contributed by atoms with E-state index in [1.807, 2.05) is 12.1 Å². The molecule has 0 fully saturated rings. The normalized spacial score (nSPS) is 11.7. The first-order valence-corrected chi connectivity index (χ1v) is 7.89. The van der Waals surface area contributed by atoms with Crippen molar-refractivity contribution in [2.24, 2.45) is 0 Å². The number of aliphatic hydroxyl groups excluding tert-OH is 1. The summed E-state index contributed by atoms with van der Waals surface area (Å²) >= 11 is 5.78. The fraction of sp³-hybridized carbons (Fsp3) is 0.231. The molecule has 0 radical (unpaired) electrons. The van der Waals surface area contributed by atoms with Gasteiger partial charge in [-0.3, -0.25) is 0 Å². The van der Waals surface area contributed by atoms with Crippen molar-refractivity contribution in [2.75, 3.05) is 6.54 Å². The summed E-state index contributed by atoms with van der Waals surface area (Å²) in [6.45, 7) is 0.0733. The second kappa shape index (κ2) is 6.41. The smallest absolute Gasteiger partial charge is 0.242 e. The van der Waals surface area contributed by atoms with Gasteiger partial charge in [0.2, 0.25) is 10.0 Å². The zero-order valence-corrected chi connectivity index (χ0v) is 12.2. The number of aliphatic hydroxyl groups is 1. The Kier molecular flexibility index (Phi) is 4.82. The zero-order chi connectivity index (χ0) is 14.6. The van der Waals surface area contributed by atoms with E-state index in [1.54, 1.807) is 12.1 Å². The van der Waals surface area contributed by atoms with Gasteiger partial charge in [-0.25, -0.2) is 13.1 Å². The van der Waals surface area contributed by atoms with E-state index < -0.39 is 10.0 Å². The maximum Gasteiger partial charge on any atom is 0.242 e. The number of nitrogens with one attached hydrogen (secondary N) is 2. The maximum atomic E-state index is 12.0. The molecule has 0 amide bonds. The molecule has 1 aromatic heterocycles. The van der Waals surface area contributed by atoms with Crippen LogP contribution in [0.3, 0.4) is 0 Å². The Hall–Kier alpha value is -1.34. The van der Waals surface area contributed by atoms with Crippen LogP contribution in [0.25, 0.3) is 0 Å². The summed E-state index contributed by atoms with van der Waals surface area (Å²) in [5, 5.41) is 9.56. The molecule has 0 spiro atoms. The van der Waals surface area contributed by atoms with Gasteiger partial charge in [0.05, 0.1) is 11.5 Å². The van der Waals surface area contributed by atoms with Crippen molar-refractivity contribution in [3.8, 4) is 0 Å². The number of hydrogen-bond donors (Lipinski definition) is 3. The van der Waals surface area contributed by atoms with E-state index >= 15 is 0 Å². The van der Waals surface area contributed by atoms with Crippen molar-refractivity contribution in [1.29, 1.82) is 0 Å². The van der Waals surface area contributed by atoms with Crippen molar-refractivity contribution in [3.05, 3.63) is 52.8 Å². The average Bonchev–Trinajstić information content (AvgIpc) is 2.90. The van der Waals surface area contributed by atoms with Crippen LogP contribution in [0, 0.1) is 0 Å². The summed E-state index contributed by atoms with van der Waals surface area (Å²) in [4.78, 5) is 2.81. The summed E-state index contributed by atoms with van der Waals surface area (Å²) in [7, 11) is -3.55. The van der Waals surface area contributed by atoms with Crippen LogP contribution in [0.1, 0.15) is 11.3 Å². The number of sulfonamides is 1. The molecule has 0 aliphatic heterocycles. The molecular formula is C13H15ClN2O3S. The molecule has 7 heteroatoms. The zero-order valence-electron chi connectivity index (χ0n) is 10.6. The van der Waals surface area contributed by atoms with Crippen molar-refractivity contribution in [2.45, 2.75) is 17.9 Å². The fourth-order valence-electron chi connectivity index (χ4n) is 1.73. The minimum absolute atomic E-state index is 0.123. The van der Waals surface area contributed by atoms with Crippen molar-refractivity contribution in [1.82, 2.24) is 9.71 Å². The van der Waals surface area contributed by atoms with Gasteiger partial charge in [-0.1, -0.05) is 23.7 Å². The Bertz CT molecular complexity index is 665. The minimum Gasteiger partial charge on any atom is -0.390 e. The molecule has 0 saturated heterocycles. The second-order valence-electron chi connectivity index (χ2n) is 4.29. The molecule has 5 nitrogen and oxygen atoms in total. The van der Waals surface area contributed by atoms with Gasteiger partial charge in [-0.05, 0) is 30.2 Å². The Morgan fingerprint density at radius 3 is 2.55 bits per heavy atom. The van der Waals surface area contributed by atoms with E-state index in [2.05, 4.69) is 9.71 Å². The summed E-state index contributed by atoms with van der Waals surface area (Å²) in [6, 6.07) is 8.66. The molecular weight excluding hydrogens is 300 g/mol. The number of H-pyrrole nitrogens is 1. The SMILES string of the molecule is O=S(=O)(NCCc1ccc(Cl)cc1)c1c[nH]c(CO)c1. The van der Waals surface area contributed by atoms with Crippen LogP contribution in [-0.4, -0.2) is 25.1 Å². The largest absolute Gasteiger partial charge is 0.390 e. The lowest BCUT2D eigenvalue weighted by molar-refractivity contribution is 0.277. The van der Waals surface area contributed by atoms with Crippen LogP contribution in [-0.2, 0) is 23.1 Å². The highest BCUT2D eigenvalue weighted by Gasteiger charge is 2.15. The van der Waals surface area contributed by atoms with Crippen molar-refractivity contribution >= 4 is 21.6 Å². The molecule has 108 valence electrons. The molecule has 0 unspecified atom stereocenters. The molecule has 1 aromatic carbocycles. The summed E-state index contributed by atoms with van der Waals surface area (Å²) in [5.74, 6) is 0. The first-order chi connectivity index (χ1) is 9.51. The molecule has 0 saturated carbocycles. The lowest BCUT2D eigenvalue weighted by atomic mass is 10.2. The third-order valence-electron chi connectivity index (χ3n) is 2.82. The lowest BCUT2D eigenvalue weighted by Crippen LogP contribution is -2.25. The monoisotopic (exact) mass is 314 g/mol. The molecule has 1 heterocycles. The third-order valence-corrected chi connectivity index (χ3v) is 4.51. The Morgan fingerprint density at radius 2 is 1.95 bits per heavy atom. The summed E-state index contributed by atoms with van der Waals surface area (Å²) in [5.41, 5.74) is 1.46. The highest BCUT2D eigenvalue weighted by Crippen LogP contribution is 2.12. The number of halogens is 1. The highest BCUT2D eigenvalue weighted by atomic mass is 35.5. The van der Waals surface area contributed by atoms with Gasteiger partial charge in [0.1, 0.15) is 0 Å². The minimum atomic E-state index is -3.55. The molecule has 0 aliphatic rings. The Labute approximate surface area is 122 Å². The van der Waals surface area contributed by atoms with Gasteiger partial charge in [-0.2, -0.15) is 0 Å². The lowest BCUT2D eigenvalue weighted by Gasteiger charge is -2.05. The van der Waals surface area contributed by atoms with Crippen LogP contribution in [0.2, 0.25) is 5.02 Å². The van der Waals surface area contributed by atoms with Crippen LogP contribution < -0.4 is 4.72 Å². The van der Waals surface area contributed by atoms with Gasteiger partial charge in [0.15, 0.2) is 0 Å². The van der Waals surface area contributed by atoms with Crippen LogP contribution in [0.15, 0.2) is 41.4 Å². The van der Waals surface area contributed by atoms with Crippen LogP contribution >= 0.6 is 11.6 Å². The predicted molar refractivity (Wildman–Crippen MR) is 77.1 cm³/mol. The molecule has 2 rings (SSSR count).